The third-order valence-electron chi connectivity index (χ3n) is 2.08. The number of ketones is 2. The fourth-order valence-corrected chi connectivity index (χ4v) is 1.11. The molecule has 88 valence electrons. The van der Waals surface area contributed by atoms with E-state index in [0.29, 0.717) is 18.9 Å². The summed E-state index contributed by atoms with van der Waals surface area (Å²) in [6, 6.07) is 0. The topological polar surface area (TPSA) is 46.2 Å². The van der Waals surface area contributed by atoms with Gasteiger partial charge in [-0.3, -0.25) is 9.59 Å². The maximum absolute atomic E-state index is 11.5. The molecule has 0 aromatic carbocycles. The van der Waals surface area contributed by atoms with E-state index in [1.165, 1.54) is 0 Å². The molecule has 0 bridgehead atoms. The fraction of sp³-hybridized carbons (Fsp3) is 0.833. The molecule has 0 rings (SSSR count). The predicted molar refractivity (Wildman–Crippen MR) is 61.8 cm³/mol. The van der Waals surface area contributed by atoms with Crippen molar-refractivity contribution in [3.63, 3.8) is 0 Å². The first kappa shape index (κ1) is 14.3. The molecule has 0 heterocycles. The van der Waals surface area contributed by atoms with E-state index in [9.17, 15) is 9.59 Å². The number of hydrogen-bond acceptors (Lipinski definition) is 3. The van der Waals surface area contributed by atoms with E-state index >= 15 is 0 Å². The van der Waals surface area contributed by atoms with E-state index in [2.05, 4.69) is 5.32 Å². The summed E-state index contributed by atoms with van der Waals surface area (Å²) in [5.74, 6) is 0.698. The molecule has 0 spiro atoms. The molecule has 0 saturated carbocycles. The SMILES string of the molecule is CC(C)CC(=O)CNCC(=O)C(C)(C)C. The fourth-order valence-electron chi connectivity index (χ4n) is 1.11. The van der Waals surface area contributed by atoms with Crippen molar-refractivity contribution in [1.29, 1.82) is 0 Å². The zero-order valence-electron chi connectivity index (χ0n) is 10.5. The summed E-state index contributed by atoms with van der Waals surface area (Å²) in [5, 5.41) is 2.90. The molecule has 0 aliphatic heterocycles. The molecule has 15 heavy (non-hydrogen) atoms. The van der Waals surface area contributed by atoms with E-state index in [-0.39, 0.29) is 23.5 Å². The first-order chi connectivity index (χ1) is 6.73. The highest BCUT2D eigenvalue weighted by molar-refractivity contribution is 5.86. The van der Waals surface area contributed by atoms with Crippen molar-refractivity contribution in [1.82, 2.24) is 5.32 Å². The van der Waals surface area contributed by atoms with Gasteiger partial charge in [-0.1, -0.05) is 34.6 Å². The van der Waals surface area contributed by atoms with Crippen LogP contribution < -0.4 is 5.32 Å². The van der Waals surface area contributed by atoms with Crippen molar-refractivity contribution in [3.05, 3.63) is 0 Å². The molecular weight excluding hydrogens is 190 g/mol. The zero-order chi connectivity index (χ0) is 12.1. The highest BCUT2D eigenvalue weighted by atomic mass is 16.1. The van der Waals surface area contributed by atoms with E-state index < -0.39 is 0 Å². The van der Waals surface area contributed by atoms with Gasteiger partial charge in [0, 0.05) is 11.8 Å². The van der Waals surface area contributed by atoms with Gasteiger partial charge in [-0.25, -0.2) is 0 Å². The summed E-state index contributed by atoms with van der Waals surface area (Å²) in [6.45, 7) is 10.3. The molecule has 0 fully saturated rings. The molecule has 0 aromatic rings. The summed E-state index contributed by atoms with van der Waals surface area (Å²) >= 11 is 0. The summed E-state index contributed by atoms with van der Waals surface area (Å²) < 4.78 is 0. The Labute approximate surface area is 92.6 Å². The number of rotatable bonds is 6. The summed E-state index contributed by atoms with van der Waals surface area (Å²) in [4.78, 5) is 22.8. The van der Waals surface area contributed by atoms with Crippen LogP contribution in [0, 0.1) is 11.3 Å². The van der Waals surface area contributed by atoms with Gasteiger partial charge in [-0.2, -0.15) is 0 Å². The zero-order valence-corrected chi connectivity index (χ0v) is 10.5. The maximum Gasteiger partial charge on any atom is 0.151 e. The normalized spacial score (nSPS) is 11.9. The first-order valence-electron chi connectivity index (χ1n) is 5.49. The van der Waals surface area contributed by atoms with E-state index in [1.807, 2.05) is 34.6 Å². The number of Topliss-reactive ketones (excluding diaryl/α,β-unsaturated/α-hetero) is 2. The minimum absolute atomic E-state index is 0.139. The number of carbonyl (C=O) groups is 2. The van der Waals surface area contributed by atoms with Crippen LogP contribution in [0.5, 0.6) is 0 Å². The van der Waals surface area contributed by atoms with Gasteiger partial charge < -0.3 is 5.32 Å². The number of carbonyl (C=O) groups excluding carboxylic acids is 2. The van der Waals surface area contributed by atoms with Gasteiger partial charge in [0.15, 0.2) is 5.78 Å². The lowest BCUT2D eigenvalue weighted by atomic mass is 9.91. The molecule has 3 heteroatoms. The van der Waals surface area contributed by atoms with Crippen LogP contribution in [0.2, 0.25) is 0 Å². The third-order valence-corrected chi connectivity index (χ3v) is 2.08. The van der Waals surface area contributed by atoms with Crippen molar-refractivity contribution in [2.75, 3.05) is 13.1 Å². The predicted octanol–water partition coefficient (Wildman–Crippen LogP) is 1.81. The second kappa shape index (κ2) is 6.01. The molecule has 0 saturated heterocycles. The standard InChI is InChI=1S/C12H23NO2/c1-9(2)6-10(14)7-13-8-11(15)12(3,4)5/h9,13H,6-8H2,1-5H3. The second-order valence-electron chi connectivity index (χ2n) is 5.41. The summed E-state index contributed by atoms with van der Waals surface area (Å²) in [6.07, 6.45) is 0.580. The number of nitrogens with one attached hydrogen (secondary N) is 1. The average molecular weight is 213 g/mol. The summed E-state index contributed by atoms with van der Waals surface area (Å²) in [7, 11) is 0. The average Bonchev–Trinajstić information content (AvgIpc) is 2.00. The Hall–Kier alpha value is -0.700. The van der Waals surface area contributed by atoms with Crippen LogP contribution >= 0.6 is 0 Å². The lowest BCUT2D eigenvalue weighted by Crippen LogP contribution is -2.34. The van der Waals surface area contributed by atoms with E-state index in [4.69, 9.17) is 0 Å². The Balaban J connectivity index is 3.72. The molecular formula is C12H23NO2. The Bertz CT molecular complexity index is 226. The molecule has 0 unspecified atom stereocenters. The van der Waals surface area contributed by atoms with Crippen molar-refractivity contribution in [2.45, 2.75) is 41.0 Å². The molecule has 3 nitrogen and oxygen atoms in total. The van der Waals surface area contributed by atoms with Gasteiger partial charge in [0.1, 0.15) is 5.78 Å². The van der Waals surface area contributed by atoms with Crippen LogP contribution in [-0.2, 0) is 9.59 Å². The van der Waals surface area contributed by atoms with Gasteiger partial charge in [0.25, 0.3) is 0 Å². The Morgan fingerprint density at radius 2 is 1.67 bits per heavy atom. The minimum atomic E-state index is -0.325. The Morgan fingerprint density at radius 3 is 2.07 bits per heavy atom. The quantitative estimate of drug-likeness (QED) is 0.732. The molecule has 0 atom stereocenters. The minimum Gasteiger partial charge on any atom is -0.303 e. The van der Waals surface area contributed by atoms with Crippen LogP contribution in [0.3, 0.4) is 0 Å². The summed E-state index contributed by atoms with van der Waals surface area (Å²) in [5.41, 5.74) is -0.325. The van der Waals surface area contributed by atoms with E-state index in [0.717, 1.165) is 0 Å². The smallest absolute Gasteiger partial charge is 0.151 e. The van der Waals surface area contributed by atoms with E-state index in [1.54, 1.807) is 0 Å². The molecule has 0 aromatic heterocycles. The second-order valence-corrected chi connectivity index (χ2v) is 5.41. The highest BCUT2D eigenvalue weighted by Crippen LogP contribution is 2.13. The van der Waals surface area contributed by atoms with Gasteiger partial charge in [-0.05, 0) is 5.92 Å². The van der Waals surface area contributed by atoms with Crippen LogP contribution in [0.1, 0.15) is 41.0 Å². The third kappa shape index (κ3) is 7.25. The molecule has 0 radical (unpaired) electrons. The largest absolute Gasteiger partial charge is 0.303 e. The van der Waals surface area contributed by atoms with Crippen molar-refractivity contribution < 1.29 is 9.59 Å². The molecule has 1 N–H and O–H groups in total. The lowest BCUT2D eigenvalue weighted by Gasteiger charge is -2.16. The highest BCUT2D eigenvalue weighted by Gasteiger charge is 2.20. The van der Waals surface area contributed by atoms with Crippen LogP contribution in [0.15, 0.2) is 0 Å². The van der Waals surface area contributed by atoms with Crippen molar-refractivity contribution in [3.8, 4) is 0 Å². The van der Waals surface area contributed by atoms with Gasteiger partial charge in [0.2, 0.25) is 0 Å². The van der Waals surface area contributed by atoms with Gasteiger partial charge >= 0.3 is 0 Å². The Morgan fingerprint density at radius 1 is 1.13 bits per heavy atom. The van der Waals surface area contributed by atoms with Crippen LogP contribution in [-0.4, -0.2) is 24.7 Å². The lowest BCUT2D eigenvalue weighted by molar-refractivity contribution is -0.125. The van der Waals surface area contributed by atoms with Gasteiger partial charge in [-0.15, -0.1) is 0 Å². The molecule has 0 aliphatic rings. The van der Waals surface area contributed by atoms with Gasteiger partial charge in [0.05, 0.1) is 13.1 Å². The molecule has 0 aliphatic carbocycles. The number of hydrogen-bond donors (Lipinski definition) is 1. The molecule has 0 amide bonds. The van der Waals surface area contributed by atoms with Crippen LogP contribution in [0.25, 0.3) is 0 Å². The van der Waals surface area contributed by atoms with Crippen LogP contribution in [0.4, 0.5) is 0 Å². The maximum atomic E-state index is 11.5. The van der Waals surface area contributed by atoms with Crippen molar-refractivity contribution >= 4 is 11.6 Å². The van der Waals surface area contributed by atoms with Crippen molar-refractivity contribution in [2.24, 2.45) is 11.3 Å². The first-order valence-corrected chi connectivity index (χ1v) is 5.49. The Kier molecular flexibility index (Phi) is 5.73. The monoisotopic (exact) mass is 213 g/mol.